The molecule has 1 amide bonds. The molecule has 1 fully saturated rings. The molecule has 1 heterocycles. The molecule has 120 valence electrons. The number of hydrogen-bond donors (Lipinski definition) is 1. The van der Waals surface area contributed by atoms with E-state index in [1.165, 1.54) is 25.3 Å². The van der Waals surface area contributed by atoms with E-state index in [4.69, 9.17) is 10.5 Å². The smallest absolute Gasteiger partial charge is 0.270 e. The first-order chi connectivity index (χ1) is 10.3. The van der Waals surface area contributed by atoms with Gasteiger partial charge in [0.2, 0.25) is 0 Å². The van der Waals surface area contributed by atoms with Crippen LogP contribution in [0.25, 0.3) is 0 Å². The lowest BCUT2D eigenvalue weighted by Crippen LogP contribution is -2.54. The minimum absolute atomic E-state index is 0.0311. The molecule has 7 heteroatoms. The Balaban J connectivity index is 2.32. The summed E-state index contributed by atoms with van der Waals surface area (Å²) in [4.78, 5) is 24.8. The molecule has 0 bridgehead atoms. The number of nitro groups is 1. The van der Waals surface area contributed by atoms with Crippen molar-refractivity contribution in [3.8, 4) is 5.75 Å². The molecular formula is C15H21N3O4. The number of carbonyl (C=O) groups excluding carboxylic acids is 1. The average Bonchev–Trinajstić information content (AvgIpc) is 2.48. The Morgan fingerprint density at radius 1 is 1.50 bits per heavy atom. The Morgan fingerprint density at radius 2 is 2.18 bits per heavy atom. The zero-order valence-corrected chi connectivity index (χ0v) is 13.0. The predicted molar refractivity (Wildman–Crippen MR) is 81.9 cm³/mol. The molecule has 1 unspecified atom stereocenters. The van der Waals surface area contributed by atoms with Gasteiger partial charge in [0.1, 0.15) is 5.75 Å². The van der Waals surface area contributed by atoms with Crippen molar-refractivity contribution in [3.63, 3.8) is 0 Å². The standard InChI is InChI=1S/C15H21N3O4/c1-15(2)9-17(7-6-13(15)16)14(19)11-8-10(18(20)21)4-5-12(11)22-3/h4-5,8,13H,6-7,9,16H2,1-3H3. The molecular weight excluding hydrogens is 286 g/mol. The second kappa shape index (κ2) is 5.92. The normalized spacial score (nSPS) is 20.5. The van der Waals surface area contributed by atoms with Gasteiger partial charge in [-0.05, 0) is 17.9 Å². The maximum Gasteiger partial charge on any atom is 0.270 e. The van der Waals surface area contributed by atoms with Gasteiger partial charge in [-0.15, -0.1) is 0 Å². The maximum atomic E-state index is 12.7. The highest BCUT2D eigenvalue weighted by Gasteiger charge is 2.36. The van der Waals surface area contributed by atoms with Gasteiger partial charge >= 0.3 is 0 Å². The molecule has 2 N–H and O–H groups in total. The number of carbonyl (C=O) groups is 1. The van der Waals surface area contributed by atoms with Gasteiger partial charge in [-0.25, -0.2) is 0 Å². The lowest BCUT2D eigenvalue weighted by Gasteiger charge is -2.42. The number of methoxy groups -OCH3 is 1. The van der Waals surface area contributed by atoms with Crippen molar-refractivity contribution in [2.75, 3.05) is 20.2 Å². The van der Waals surface area contributed by atoms with Crippen LogP contribution in [0.3, 0.4) is 0 Å². The van der Waals surface area contributed by atoms with Crippen LogP contribution in [0, 0.1) is 15.5 Å². The summed E-state index contributed by atoms with van der Waals surface area (Å²) in [5.41, 5.74) is 5.97. The molecule has 0 radical (unpaired) electrons. The van der Waals surface area contributed by atoms with E-state index in [0.29, 0.717) is 25.3 Å². The number of non-ortho nitro benzene ring substituents is 1. The van der Waals surface area contributed by atoms with Gasteiger partial charge in [0.05, 0.1) is 17.6 Å². The van der Waals surface area contributed by atoms with Gasteiger partial charge in [0.15, 0.2) is 0 Å². The van der Waals surface area contributed by atoms with Gasteiger partial charge in [0.25, 0.3) is 11.6 Å². The number of rotatable bonds is 3. The van der Waals surface area contributed by atoms with E-state index in [-0.39, 0.29) is 28.6 Å². The number of benzene rings is 1. The molecule has 1 aromatic carbocycles. The van der Waals surface area contributed by atoms with Crippen LogP contribution < -0.4 is 10.5 Å². The highest BCUT2D eigenvalue weighted by Crippen LogP contribution is 2.31. The molecule has 1 atom stereocenters. The molecule has 1 aliphatic heterocycles. The number of ether oxygens (including phenoxy) is 1. The number of piperidine rings is 1. The Morgan fingerprint density at radius 3 is 2.73 bits per heavy atom. The Hall–Kier alpha value is -2.15. The quantitative estimate of drug-likeness (QED) is 0.678. The number of amides is 1. The molecule has 1 aliphatic rings. The van der Waals surface area contributed by atoms with E-state index in [0.717, 1.165) is 0 Å². The van der Waals surface area contributed by atoms with Crippen LogP contribution in [0.5, 0.6) is 5.75 Å². The summed E-state index contributed by atoms with van der Waals surface area (Å²) in [6, 6.07) is 4.07. The number of likely N-dealkylation sites (tertiary alicyclic amines) is 1. The van der Waals surface area contributed by atoms with Gasteiger partial charge in [-0.3, -0.25) is 14.9 Å². The fourth-order valence-electron chi connectivity index (χ4n) is 2.69. The Labute approximate surface area is 129 Å². The first-order valence-corrected chi connectivity index (χ1v) is 7.13. The van der Waals surface area contributed by atoms with Crippen molar-refractivity contribution in [1.29, 1.82) is 0 Å². The lowest BCUT2D eigenvalue weighted by molar-refractivity contribution is -0.384. The summed E-state index contributed by atoms with van der Waals surface area (Å²) >= 11 is 0. The molecule has 0 spiro atoms. The fraction of sp³-hybridized carbons (Fsp3) is 0.533. The topological polar surface area (TPSA) is 98.7 Å². The van der Waals surface area contributed by atoms with Crippen molar-refractivity contribution >= 4 is 11.6 Å². The van der Waals surface area contributed by atoms with Crippen molar-refractivity contribution in [1.82, 2.24) is 4.90 Å². The van der Waals surface area contributed by atoms with Crippen LogP contribution in [0.4, 0.5) is 5.69 Å². The van der Waals surface area contributed by atoms with E-state index in [1.807, 2.05) is 13.8 Å². The fourth-order valence-corrected chi connectivity index (χ4v) is 2.69. The SMILES string of the molecule is COc1ccc([N+](=O)[O-])cc1C(=O)N1CCC(N)C(C)(C)C1. The third-order valence-electron chi connectivity index (χ3n) is 4.22. The summed E-state index contributed by atoms with van der Waals surface area (Å²) < 4.78 is 5.17. The molecule has 1 aromatic rings. The van der Waals surface area contributed by atoms with Crippen LogP contribution in [-0.4, -0.2) is 42.0 Å². The first kappa shape index (κ1) is 16.2. The van der Waals surface area contributed by atoms with E-state index in [2.05, 4.69) is 0 Å². The van der Waals surface area contributed by atoms with Crippen LogP contribution >= 0.6 is 0 Å². The van der Waals surface area contributed by atoms with Crippen molar-refractivity contribution in [3.05, 3.63) is 33.9 Å². The summed E-state index contributed by atoms with van der Waals surface area (Å²) in [5, 5.41) is 10.9. The summed E-state index contributed by atoms with van der Waals surface area (Å²) in [6.45, 7) is 5.08. The number of hydrogen-bond acceptors (Lipinski definition) is 5. The third-order valence-corrected chi connectivity index (χ3v) is 4.22. The molecule has 1 saturated heterocycles. The first-order valence-electron chi connectivity index (χ1n) is 7.13. The van der Waals surface area contributed by atoms with E-state index in [1.54, 1.807) is 4.90 Å². The monoisotopic (exact) mass is 307 g/mol. The minimum Gasteiger partial charge on any atom is -0.496 e. The van der Waals surface area contributed by atoms with E-state index in [9.17, 15) is 14.9 Å². The van der Waals surface area contributed by atoms with Gasteiger partial charge in [-0.1, -0.05) is 13.8 Å². The van der Waals surface area contributed by atoms with Gasteiger partial charge in [0, 0.05) is 31.3 Å². The summed E-state index contributed by atoms with van der Waals surface area (Å²) in [5.74, 6) is 0.0730. The second-order valence-corrected chi connectivity index (χ2v) is 6.25. The van der Waals surface area contributed by atoms with Crippen LogP contribution in [0.2, 0.25) is 0 Å². The number of nitrogens with zero attached hydrogens (tertiary/aromatic N) is 2. The molecule has 2 rings (SSSR count). The average molecular weight is 307 g/mol. The molecule has 0 saturated carbocycles. The molecule has 7 nitrogen and oxygen atoms in total. The van der Waals surface area contributed by atoms with Crippen molar-refractivity contribution < 1.29 is 14.5 Å². The van der Waals surface area contributed by atoms with Crippen molar-refractivity contribution in [2.45, 2.75) is 26.3 Å². The van der Waals surface area contributed by atoms with Crippen LogP contribution in [0.15, 0.2) is 18.2 Å². The number of nitro benzene ring substituents is 1. The van der Waals surface area contributed by atoms with Crippen LogP contribution in [0.1, 0.15) is 30.6 Å². The zero-order valence-electron chi connectivity index (χ0n) is 13.0. The largest absolute Gasteiger partial charge is 0.496 e. The molecule has 0 aromatic heterocycles. The third kappa shape index (κ3) is 3.04. The highest BCUT2D eigenvalue weighted by molar-refractivity contribution is 5.97. The molecule has 0 aliphatic carbocycles. The van der Waals surface area contributed by atoms with Crippen molar-refractivity contribution in [2.24, 2.45) is 11.1 Å². The van der Waals surface area contributed by atoms with Gasteiger partial charge in [-0.2, -0.15) is 0 Å². The Bertz CT molecular complexity index is 600. The van der Waals surface area contributed by atoms with E-state index < -0.39 is 4.92 Å². The second-order valence-electron chi connectivity index (χ2n) is 6.25. The van der Waals surface area contributed by atoms with Gasteiger partial charge < -0.3 is 15.4 Å². The highest BCUT2D eigenvalue weighted by atomic mass is 16.6. The zero-order chi connectivity index (χ0) is 16.5. The summed E-state index contributed by atoms with van der Waals surface area (Å²) in [6.07, 6.45) is 0.704. The minimum atomic E-state index is -0.522. The van der Waals surface area contributed by atoms with Crippen LogP contribution in [-0.2, 0) is 0 Å². The maximum absolute atomic E-state index is 12.7. The molecule has 22 heavy (non-hydrogen) atoms. The Kier molecular flexibility index (Phi) is 4.37. The lowest BCUT2D eigenvalue weighted by atomic mass is 9.79. The number of nitrogens with two attached hydrogens (primary N) is 1. The predicted octanol–water partition coefficient (Wildman–Crippen LogP) is 1.80. The van der Waals surface area contributed by atoms with E-state index >= 15 is 0 Å². The summed E-state index contributed by atoms with van der Waals surface area (Å²) in [7, 11) is 1.44.